The molecule has 2 aromatic carbocycles. The second kappa shape index (κ2) is 10.7. The number of ketones is 1. The highest BCUT2D eigenvalue weighted by atomic mass is 32.2. The number of benzene rings is 2. The van der Waals surface area contributed by atoms with Crippen LogP contribution in [0, 0.1) is 23.7 Å². The molecule has 1 aliphatic carbocycles. The molecule has 8 nitrogen and oxygen atoms in total. The van der Waals surface area contributed by atoms with Gasteiger partial charge in [0, 0.05) is 23.4 Å². The molecule has 3 aromatic rings. The summed E-state index contributed by atoms with van der Waals surface area (Å²) in [5.41, 5.74) is 10.7. The van der Waals surface area contributed by atoms with Gasteiger partial charge in [0.1, 0.15) is 5.82 Å². The van der Waals surface area contributed by atoms with Crippen molar-refractivity contribution in [3.05, 3.63) is 88.4 Å². The van der Waals surface area contributed by atoms with E-state index < -0.39 is 5.92 Å². The summed E-state index contributed by atoms with van der Waals surface area (Å²) in [6.45, 7) is 6.05. The van der Waals surface area contributed by atoms with Gasteiger partial charge in [0.25, 0.3) is 0 Å². The zero-order valence-electron chi connectivity index (χ0n) is 21.9. The molecular formula is C29H28N6O2S2. The minimum Gasteiger partial charge on any atom is -0.384 e. The van der Waals surface area contributed by atoms with E-state index >= 15 is 0 Å². The van der Waals surface area contributed by atoms with Crippen molar-refractivity contribution < 1.29 is 9.59 Å². The van der Waals surface area contributed by atoms with E-state index in [1.54, 1.807) is 4.90 Å². The average molecular weight is 557 g/mol. The second-order valence-corrected chi connectivity index (χ2v) is 12.6. The van der Waals surface area contributed by atoms with Crippen LogP contribution in [0.3, 0.4) is 0 Å². The number of aryl methyl sites for hydroxylation is 1. The first kappa shape index (κ1) is 26.7. The lowest BCUT2D eigenvalue weighted by Crippen LogP contribution is -2.42. The monoisotopic (exact) mass is 556 g/mol. The van der Waals surface area contributed by atoms with Gasteiger partial charge in [-0.1, -0.05) is 85.5 Å². The Labute approximate surface area is 235 Å². The maximum atomic E-state index is 13.6. The molecule has 1 atom stereocenters. The standard InChI is InChI=1S/C29H28N6O2S2/c1-17-9-7-8-12-20(17)32-23(37)16-38-28-34-33-27(39-28)35-21-13-29(2,3)14-22(36)25(21)24(19(15-30)26(35)31)18-10-5-4-6-11-18/h4-12,24H,13-14,16,31H2,1-3H3,(H,32,37). The molecule has 0 saturated carbocycles. The van der Waals surface area contributed by atoms with Crippen LogP contribution in [0.2, 0.25) is 0 Å². The molecule has 0 fully saturated rings. The third kappa shape index (κ3) is 5.33. The number of nitriles is 1. The largest absolute Gasteiger partial charge is 0.384 e. The number of nitrogens with two attached hydrogens (primary N) is 1. The summed E-state index contributed by atoms with van der Waals surface area (Å²) in [6, 6.07) is 19.4. The predicted molar refractivity (Wildman–Crippen MR) is 154 cm³/mol. The van der Waals surface area contributed by atoms with Crippen LogP contribution < -0.4 is 16.0 Å². The van der Waals surface area contributed by atoms with Crippen molar-refractivity contribution in [3.8, 4) is 6.07 Å². The Kier molecular flexibility index (Phi) is 7.30. The fraction of sp³-hybridized carbons (Fsp3) is 0.276. The Morgan fingerprint density at radius 1 is 1.18 bits per heavy atom. The van der Waals surface area contributed by atoms with E-state index in [2.05, 4.69) is 35.4 Å². The Hall–Kier alpha value is -3.94. The number of aromatic nitrogens is 2. The maximum absolute atomic E-state index is 13.6. The molecule has 5 rings (SSSR count). The van der Waals surface area contributed by atoms with Crippen molar-refractivity contribution >= 4 is 45.6 Å². The van der Waals surface area contributed by atoms with Crippen LogP contribution in [0.15, 0.2) is 81.6 Å². The molecule has 0 saturated heterocycles. The van der Waals surface area contributed by atoms with Gasteiger partial charge in [-0.05, 0) is 36.0 Å². The molecule has 0 spiro atoms. The summed E-state index contributed by atoms with van der Waals surface area (Å²) in [7, 11) is 0. The predicted octanol–water partition coefficient (Wildman–Crippen LogP) is 5.52. The number of rotatable bonds is 6. The zero-order chi connectivity index (χ0) is 27.7. The van der Waals surface area contributed by atoms with Gasteiger partial charge in [-0.2, -0.15) is 5.26 Å². The molecule has 2 heterocycles. The molecule has 3 N–H and O–H groups in total. The third-order valence-corrected chi connectivity index (χ3v) is 8.89. The van der Waals surface area contributed by atoms with Crippen molar-refractivity contribution in [2.24, 2.45) is 11.1 Å². The lowest BCUT2D eigenvalue weighted by Gasteiger charge is -2.42. The van der Waals surface area contributed by atoms with Crippen LogP contribution in [0.25, 0.3) is 0 Å². The van der Waals surface area contributed by atoms with Crippen molar-refractivity contribution in [1.29, 1.82) is 5.26 Å². The number of anilines is 2. The van der Waals surface area contributed by atoms with Crippen molar-refractivity contribution in [2.45, 2.75) is 43.9 Å². The SMILES string of the molecule is Cc1ccccc1NC(=O)CSc1nnc(N2C(N)=C(C#N)C(c3ccccc3)C3=C2CC(C)(C)CC3=O)s1. The molecule has 1 amide bonds. The number of hydrogen-bond acceptors (Lipinski definition) is 9. The van der Waals surface area contributed by atoms with Crippen LogP contribution in [0.1, 0.15) is 43.7 Å². The number of para-hydroxylation sites is 1. The fourth-order valence-corrected chi connectivity index (χ4v) is 6.76. The number of amides is 1. The van der Waals surface area contributed by atoms with Gasteiger partial charge >= 0.3 is 0 Å². The first-order valence-electron chi connectivity index (χ1n) is 12.5. The van der Waals surface area contributed by atoms with Crippen LogP contribution in [-0.2, 0) is 9.59 Å². The van der Waals surface area contributed by atoms with Crippen LogP contribution >= 0.6 is 23.1 Å². The Bertz CT molecular complexity index is 1550. The topological polar surface area (TPSA) is 125 Å². The molecule has 10 heteroatoms. The highest BCUT2D eigenvalue weighted by Crippen LogP contribution is 2.50. The van der Waals surface area contributed by atoms with Gasteiger partial charge in [0.2, 0.25) is 11.0 Å². The number of thioether (sulfide) groups is 1. The minimum absolute atomic E-state index is 0.00680. The summed E-state index contributed by atoms with van der Waals surface area (Å²) in [4.78, 5) is 27.9. The second-order valence-electron chi connectivity index (χ2n) is 10.4. The van der Waals surface area contributed by atoms with Crippen LogP contribution in [0.4, 0.5) is 10.8 Å². The number of hydrogen-bond donors (Lipinski definition) is 2. The van der Waals surface area contributed by atoms with Gasteiger partial charge < -0.3 is 11.1 Å². The minimum atomic E-state index is -0.530. The summed E-state index contributed by atoms with van der Waals surface area (Å²) in [6.07, 6.45) is 0.979. The van der Waals surface area contributed by atoms with E-state index in [1.807, 2.05) is 61.5 Å². The summed E-state index contributed by atoms with van der Waals surface area (Å²) < 4.78 is 0.588. The van der Waals surface area contributed by atoms with Crippen molar-refractivity contribution in [2.75, 3.05) is 16.0 Å². The Morgan fingerprint density at radius 2 is 1.90 bits per heavy atom. The quantitative estimate of drug-likeness (QED) is 0.380. The molecule has 39 heavy (non-hydrogen) atoms. The van der Waals surface area contributed by atoms with E-state index in [4.69, 9.17) is 5.73 Å². The number of nitrogens with one attached hydrogen (secondary N) is 1. The van der Waals surface area contributed by atoms with E-state index in [9.17, 15) is 14.9 Å². The summed E-state index contributed by atoms with van der Waals surface area (Å²) in [5, 5.41) is 22.2. The van der Waals surface area contributed by atoms with E-state index in [1.165, 1.54) is 23.1 Å². The average Bonchev–Trinajstić information content (AvgIpc) is 3.36. The highest BCUT2D eigenvalue weighted by Gasteiger charge is 2.45. The van der Waals surface area contributed by atoms with Crippen molar-refractivity contribution in [1.82, 2.24) is 10.2 Å². The van der Waals surface area contributed by atoms with Crippen LogP contribution in [-0.4, -0.2) is 27.6 Å². The van der Waals surface area contributed by atoms with E-state index in [0.29, 0.717) is 33.5 Å². The molecule has 0 bridgehead atoms. The number of Topliss-reactive ketones (excluding diaryl/α,β-unsaturated/α-hetero) is 1. The molecule has 0 radical (unpaired) electrons. The highest BCUT2D eigenvalue weighted by molar-refractivity contribution is 8.01. The Morgan fingerprint density at radius 3 is 2.62 bits per heavy atom. The fourth-order valence-electron chi connectivity index (χ4n) is 5.08. The van der Waals surface area contributed by atoms with Gasteiger partial charge in [-0.3, -0.25) is 14.5 Å². The third-order valence-electron chi connectivity index (χ3n) is 6.85. The number of nitrogens with zero attached hydrogens (tertiary/aromatic N) is 4. The number of carbonyl (C=O) groups excluding carboxylic acids is 2. The van der Waals surface area contributed by atoms with E-state index in [-0.39, 0.29) is 28.7 Å². The van der Waals surface area contributed by atoms with Crippen LogP contribution in [0.5, 0.6) is 0 Å². The Balaban J connectivity index is 1.46. The molecular weight excluding hydrogens is 528 g/mol. The normalized spacial score (nSPS) is 18.6. The molecule has 198 valence electrons. The number of carbonyl (C=O) groups is 2. The zero-order valence-corrected chi connectivity index (χ0v) is 23.5. The van der Waals surface area contributed by atoms with E-state index in [0.717, 1.165) is 22.5 Å². The summed E-state index contributed by atoms with van der Waals surface area (Å²) >= 11 is 2.55. The molecule has 1 aliphatic heterocycles. The first-order chi connectivity index (χ1) is 18.7. The molecule has 1 aromatic heterocycles. The number of allylic oxidation sites excluding steroid dienone is 3. The maximum Gasteiger partial charge on any atom is 0.234 e. The van der Waals surface area contributed by atoms with Gasteiger partial charge in [-0.25, -0.2) is 0 Å². The van der Waals surface area contributed by atoms with Gasteiger partial charge in [0.05, 0.1) is 23.3 Å². The van der Waals surface area contributed by atoms with Crippen molar-refractivity contribution in [3.63, 3.8) is 0 Å². The lowest BCUT2D eigenvalue weighted by atomic mass is 9.69. The van der Waals surface area contributed by atoms with Gasteiger partial charge in [0.15, 0.2) is 10.1 Å². The molecule has 1 unspecified atom stereocenters. The molecule has 2 aliphatic rings. The smallest absolute Gasteiger partial charge is 0.234 e. The first-order valence-corrected chi connectivity index (χ1v) is 14.3. The lowest BCUT2D eigenvalue weighted by molar-refractivity contribution is -0.118. The van der Waals surface area contributed by atoms with Gasteiger partial charge in [-0.15, -0.1) is 10.2 Å². The summed E-state index contributed by atoms with van der Waals surface area (Å²) in [5.74, 6) is -0.260.